The monoisotopic (exact) mass is 363 g/mol. The fraction of sp³-hybridized carbons (Fsp3) is 0.125. The van der Waals surface area contributed by atoms with Crippen LogP contribution in [0.3, 0.4) is 0 Å². The first-order valence-corrected chi connectivity index (χ1v) is 7.10. The van der Waals surface area contributed by atoms with Gasteiger partial charge in [0.05, 0.1) is 11.6 Å². The van der Waals surface area contributed by atoms with Gasteiger partial charge in [0.15, 0.2) is 6.61 Å². The molecule has 2 aromatic rings. The van der Waals surface area contributed by atoms with E-state index in [1.807, 2.05) is 6.07 Å². The van der Waals surface area contributed by atoms with Gasteiger partial charge in [-0.1, -0.05) is 22.0 Å². The standard InChI is InChI=1S/C16H11BrFNO3/c17-15-7-13(18)4-3-12(15)9-22-16(20)10-21-14-5-1-11(8-19)2-6-14/h1-7H,9-10H2. The van der Waals surface area contributed by atoms with E-state index in [1.54, 1.807) is 24.3 Å². The van der Waals surface area contributed by atoms with Gasteiger partial charge in [-0.3, -0.25) is 0 Å². The lowest BCUT2D eigenvalue weighted by molar-refractivity contribution is -0.147. The molecule has 112 valence electrons. The molecule has 0 heterocycles. The molecule has 2 aromatic carbocycles. The Labute approximate surface area is 135 Å². The highest BCUT2D eigenvalue weighted by Gasteiger charge is 2.07. The van der Waals surface area contributed by atoms with Crippen LogP contribution >= 0.6 is 15.9 Å². The predicted molar refractivity (Wildman–Crippen MR) is 80.5 cm³/mol. The van der Waals surface area contributed by atoms with Gasteiger partial charge >= 0.3 is 5.97 Å². The lowest BCUT2D eigenvalue weighted by atomic mass is 10.2. The van der Waals surface area contributed by atoms with Gasteiger partial charge in [-0.25, -0.2) is 9.18 Å². The molecule has 0 unspecified atom stereocenters. The number of hydrogen-bond donors (Lipinski definition) is 0. The van der Waals surface area contributed by atoms with E-state index in [9.17, 15) is 9.18 Å². The highest BCUT2D eigenvalue weighted by Crippen LogP contribution is 2.19. The molecule has 0 N–H and O–H groups in total. The molecule has 2 rings (SSSR count). The number of esters is 1. The first-order chi connectivity index (χ1) is 10.6. The fourth-order valence-electron chi connectivity index (χ4n) is 1.61. The first-order valence-electron chi connectivity index (χ1n) is 6.31. The Hall–Kier alpha value is -2.39. The molecule has 4 nitrogen and oxygen atoms in total. The van der Waals surface area contributed by atoms with E-state index in [-0.39, 0.29) is 19.0 Å². The number of benzene rings is 2. The summed E-state index contributed by atoms with van der Waals surface area (Å²) in [6, 6.07) is 12.5. The van der Waals surface area contributed by atoms with Crippen LogP contribution in [-0.4, -0.2) is 12.6 Å². The third-order valence-corrected chi connectivity index (χ3v) is 3.48. The summed E-state index contributed by atoms with van der Waals surface area (Å²) >= 11 is 3.20. The molecule has 0 aliphatic heterocycles. The number of nitriles is 1. The zero-order valence-corrected chi connectivity index (χ0v) is 13.0. The number of ether oxygens (including phenoxy) is 2. The molecule has 0 atom stereocenters. The smallest absolute Gasteiger partial charge is 0.344 e. The molecule has 0 saturated heterocycles. The van der Waals surface area contributed by atoms with Gasteiger partial charge in [0.25, 0.3) is 0 Å². The van der Waals surface area contributed by atoms with Gasteiger partial charge < -0.3 is 9.47 Å². The van der Waals surface area contributed by atoms with E-state index in [0.717, 1.165) is 0 Å². The van der Waals surface area contributed by atoms with E-state index < -0.39 is 5.97 Å². The SMILES string of the molecule is N#Cc1ccc(OCC(=O)OCc2ccc(F)cc2Br)cc1. The zero-order valence-electron chi connectivity index (χ0n) is 11.4. The summed E-state index contributed by atoms with van der Waals surface area (Å²) in [5, 5.41) is 8.67. The fourth-order valence-corrected chi connectivity index (χ4v) is 2.07. The van der Waals surface area contributed by atoms with Gasteiger partial charge in [0.2, 0.25) is 0 Å². The predicted octanol–water partition coefficient (Wildman–Crippen LogP) is 3.58. The van der Waals surface area contributed by atoms with Gasteiger partial charge in [-0.2, -0.15) is 5.26 Å². The summed E-state index contributed by atoms with van der Waals surface area (Å²) in [6.45, 7) is -0.221. The van der Waals surface area contributed by atoms with Crippen molar-refractivity contribution in [3.8, 4) is 11.8 Å². The number of nitrogens with zero attached hydrogens (tertiary/aromatic N) is 1. The van der Waals surface area contributed by atoms with E-state index in [0.29, 0.717) is 21.3 Å². The summed E-state index contributed by atoms with van der Waals surface area (Å²) in [5.74, 6) is -0.439. The van der Waals surface area contributed by atoms with Crippen molar-refractivity contribution in [3.63, 3.8) is 0 Å². The summed E-state index contributed by atoms with van der Waals surface area (Å²) in [4.78, 5) is 11.6. The van der Waals surface area contributed by atoms with Crippen LogP contribution in [0.4, 0.5) is 4.39 Å². The van der Waals surface area contributed by atoms with Crippen LogP contribution in [0.5, 0.6) is 5.75 Å². The molecule has 0 aromatic heterocycles. The third kappa shape index (κ3) is 4.57. The molecule has 0 spiro atoms. The second-order valence-electron chi connectivity index (χ2n) is 4.32. The van der Waals surface area contributed by atoms with Gasteiger partial charge in [0.1, 0.15) is 18.2 Å². The summed E-state index contributed by atoms with van der Waals surface area (Å²) in [6.07, 6.45) is 0. The molecule has 0 bridgehead atoms. The van der Waals surface area contributed by atoms with Crippen molar-refractivity contribution < 1.29 is 18.7 Å². The molecule has 22 heavy (non-hydrogen) atoms. The van der Waals surface area contributed by atoms with Crippen LogP contribution in [0.2, 0.25) is 0 Å². The van der Waals surface area contributed by atoms with Gasteiger partial charge in [-0.15, -0.1) is 0 Å². The van der Waals surface area contributed by atoms with Crippen LogP contribution in [-0.2, 0) is 16.1 Å². The molecule has 0 amide bonds. The molecule has 6 heteroatoms. The molecule has 0 aliphatic carbocycles. The van der Waals surface area contributed by atoms with Crippen LogP contribution in [0, 0.1) is 17.1 Å². The minimum absolute atomic E-state index is 0.0242. The molecule has 0 saturated carbocycles. The highest BCUT2D eigenvalue weighted by molar-refractivity contribution is 9.10. The van der Waals surface area contributed by atoms with Crippen LogP contribution in [0.1, 0.15) is 11.1 Å². The van der Waals surface area contributed by atoms with Crippen molar-refractivity contribution in [3.05, 3.63) is 63.9 Å². The van der Waals surface area contributed by atoms with Crippen LogP contribution in [0.25, 0.3) is 0 Å². The molecule has 0 fully saturated rings. The Balaban J connectivity index is 1.81. The largest absolute Gasteiger partial charge is 0.482 e. The summed E-state index contributed by atoms with van der Waals surface area (Å²) < 4.78 is 23.8. The second kappa shape index (κ2) is 7.57. The molecule has 0 aliphatic rings. The van der Waals surface area contributed by atoms with Crippen molar-refractivity contribution in [1.29, 1.82) is 5.26 Å². The molecule has 0 radical (unpaired) electrons. The van der Waals surface area contributed by atoms with E-state index >= 15 is 0 Å². The number of rotatable bonds is 5. The lowest BCUT2D eigenvalue weighted by Gasteiger charge is -2.08. The maximum atomic E-state index is 12.9. The van der Waals surface area contributed by atoms with Gasteiger partial charge in [-0.05, 0) is 36.4 Å². The topological polar surface area (TPSA) is 59.3 Å². The maximum absolute atomic E-state index is 12.9. The Bertz CT molecular complexity index is 710. The number of halogens is 2. The average molecular weight is 364 g/mol. The highest BCUT2D eigenvalue weighted by atomic mass is 79.9. The lowest BCUT2D eigenvalue weighted by Crippen LogP contribution is -2.14. The van der Waals surface area contributed by atoms with E-state index in [4.69, 9.17) is 14.7 Å². The van der Waals surface area contributed by atoms with Crippen molar-refractivity contribution >= 4 is 21.9 Å². The van der Waals surface area contributed by atoms with Gasteiger partial charge in [0, 0.05) is 10.0 Å². The Morgan fingerprint density at radius 3 is 2.59 bits per heavy atom. The zero-order chi connectivity index (χ0) is 15.9. The minimum atomic E-state index is -0.541. The first kappa shape index (κ1) is 16.0. The van der Waals surface area contributed by atoms with Crippen LogP contribution < -0.4 is 4.74 Å². The van der Waals surface area contributed by atoms with Crippen molar-refractivity contribution in [1.82, 2.24) is 0 Å². The Morgan fingerprint density at radius 2 is 1.95 bits per heavy atom. The minimum Gasteiger partial charge on any atom is -0.482 e. The number of carbonyl (C=O) groups is 1. The second-order valence-corrected chi connectivity index (χ2v) is 5.18. The number of carbonyl (C=O) groups excluding carboxylic acids is 1. The van der Waals surface area contributed by atoms with Crippen molar-refractivity contribution in [2.45, 2.75) is 6.61 Å². The molecular weight excluding hydrogens is 353 g/mol. The van der Waals surface area contributed by atoms with Crippen LogP contribution in [0.15, 0.2) is 46.9 Å². The van der Waals surface area contributed by atoms with E-state index in [2.05, 4.69) is 15.9 Å². The number of hydrogen-bond acceptors (Lipinski definition) is 4. The normalized spacial score (nSPS) is 9.86. The Kier molecular flexibility index (Phi) is 5.50. The quantitative estimate of drug-likeness (QED) is 0.761. The average Bonchev–Trinajstić information content (AvgIpc) is 2.52. The van der Waals surface area contributed by atoms with Crippen molar-refractivity contribution in [2.75, 3.05) is 6.61 Å². The Morgan fingerprint density at radius 1 is 1.23 bits per heavy atom. The maximum Gasteiger partial charge on any atom is 0.344 e. The van der Waals surface area contributed by atoms with Crippen molar-refractivity contribution in [2.24, 2.45) is 0 Å². The summed E-state index contributed by atoms with van der Waals surface area (Å²) in [7, 11) is 0. The molecular formula is C16H11BrFNO3. The van der Waals surface area contributed by atoms with E-state index in [1.165, 1.54) is 18.2 Å². The third-order valence-electron chi connectivity index (χ3n) is 2.74. The summed E-state index contributed by atoms with van der Waals surface area (Å²) in [5.41, 5.74) is 1.17.